The lowest BCUT2D eigenvalue weighted by Gasteiger charge is -2.28. The van der Waals surface area contributed by atoms with E-state index in [2.05, 4.69) is 5.32 Å². The van der Waals surface area contributed by atoms with Gasteiger partial charge in [0.2, 0.25) is 0 Å². The fourth-order valence-electron chi connectivity index (χ4n) is 4.21. The SMILES string of the molecule is COC(=O)c1ccc(OCCCc2ccccc2O)c(C(=O)NC2CCCC(C(=O)OC)C2)c1. The van der Waals surface area contributed by atoms with Crippen LogP contribution in [0.2, 0.25) is 0 Å². The number of phenolic OH excluding ortho intramolecular Hbond substituents is 1. The van der Waals surface area contributed by atoms with Crippen molar-refractivity contribution in [2.45, 2.75) is 44.6 Å². The predicted molar refractivity (Wildman–Crippen MR) is 125 cm³/mol. The van der Waals surface area contributed by atoms with E-state index in [1.54, 1.807) is 24.3 Å². The van der Waals surface area contributed by atoms with Crippen molar-refractivity contribution in [2.24, 2.45) is 5.92 Å². The summed E-state index contributed by atoms with van der Waals surface area (Å²) in [6, 6.07) is 11.5. The van der Waals surface area contributed by atoms with Crippen molar-refractivity contribution in [1.29, 1.82) is 0 Å². The molecule has 1 saturated carbocycles. The average Bonchev–Trinajstić information content (AvgIpc) is 2.86. The van der Waals surface area contributed by atoms with E-state index in [0.29, 0.717) is 31.6 Å². The van der Waals surface area contributed by atoms with Crippen molar-refractivity contribution in [1.82, 2.24) is 5.32 Å². The molecule has 1 fully saturated rings. The second-order valence-electron chi connectivity index (χ2n) is 8.34. The van der Waals surface area contributed by atoms with Crippen molar-refractivity contribution >= 4 is 17.8 Å². The molecule has 2 atom stereocenters. The van der Waals surface area contributed by atoms with Gasteiger partial charge in [-0.15, -0.1) is 0 Å². The Morgan fingerprint density at radius 3 is 2.59 bits per heavy atom. The minimum Gasteiger partial charge on any atom is -0.508 e. The maximum absolute atomic E-state index is 13.1. The van der Waals surface area contributed by atoms with E-state index in [9.17, 15) is 19.5 Å². The number of ether oxygens (including phenoxy) is 3. The molecule has 0 bridgehead atoms. The van der Waals surface area contributed by atoms with E-state index in [-0.39, 0.29) is 40.7 Å². The van der Waals surface area contributed by atoms with Crippen LogP contribution in [0.5, 0.6) is 11.5 Å². The first-order valence-electron chi connectivity index (χ1n) is 11.4. The lowest BCUT2D eigenvalue weighted by Crippen LogP contribution is -2.40. The first-order chi connectivity index (χ1) is 16.4. The molecular weight excluding hydrogens is 438 g/mol. The Bertz CT molecular complexity index is 1020. The fourth-order valence-corrected chi connectivity index (χ4v) is 4.21. The summed E-state index contributed by atoms with van der Waals surface area (Å²) in [6.45, 7) is 0.319. The number of rotatable bonds is 9. The van der Waals surface area contributed by atoms with Gasteiger partial charge in [0.1, 0.15) is 11.5 Å². The van der Waals surface area contributed by atoms with Gasteiger partial charge in [-0.3, -0.25) is 9.59 Å². The molecule has 182 valence electrons. The molecule has 0 aromatic heterocycles. The smallest absolute Gasteiger partial charge is 0.337 e. The lowest BCUT2D eigenvalue weighted by molar-refractivity contribution is -0.146. The molecule has 8 heteroatoms. The third-order valence-electron chi connectivity index (χ3n) is 6.03. The fraction of sp³-hybridized carbons (Fsp3) is 0.423. The van der Waals surface area contributed by atoms with Crippen LogP contribution in [-0.4, -0.2) is 49.8 Å². The molecule has 1 aliphatic carbocycles. The highest BCUT2D eigenvalue weighted by atomic mass is 16.5. The Morgan fingerprint density at radius 2 is 1.85 bits per heavy atom. The highest BCUT2D eigenvalue weighted by molar-refractivity contribution is 6.00. The number of carbonyl (C=O) groups excluding carboxylic acids is 3. The van der Waals surface area contributed by atoms with E-state index >= 15 is 0 Å². The normalized spacial score (nSPS) is 17.5. The number of methoxy groups -OCH3 is 2. The Balaban J connectivity index is 1.69. The van der Waals surface area contributed by atoms with Crippen LogP contribution in [0.15, 0.2) is 42.5 Å². The summed E-state index contributed by atoms with van der Waals surface area (Å²) < 4.78 is 15.5. The summed E-state index contributed by atoms with van der Waals surface area (Å²) in [5.41, 5.74) is 1.29. The van der Waals surface area contributed by atoms with Crippen LogP contribution in [0.4, 0.5) is 0 Å². The van der Waals surface area contributed by atoms with Crippen molar-refractivity contribution < 1.29 is 33.7 Å². The minimum absolute atomic E-state index is 0.180. The van der Waals surface area contributed by atoms with Crippen molar-refractivity contribution in [3.63, 3.8) is 0 Å². The molecule has 2 N–H and O–H groups in total. The van der Waals surface area contributed by atoms with E-state index in [0.717, 1.165) is 24.8 Å². The highest BCUT2D eigenvalue weighted by Crippen LogP contribution is 2.27. The summed E-state index contributed by atoms with van der Waals surface area (Å²) >= 11 is 0. The van der Waals surface area contributed by atoms with Crippen molar-refractivity contribution in [2.75, 3.05) is 20.8 Å². The topological polar surface area (TPSA) is 111 Å². The van der Waals surface area contributed by atoms with Gasteiger partial charge in [-0.2, -0.15) is 0 Å². The Morgan fingerprint density at radius 1 is 1.06 bits per heavy atom. The maximum Gasteiger partial charge on any atom is 0.337 e. The number of aromatic hydroxyl groups is 1. The maximum atomic E-state index is 13.1. The molecule has 2 unspecified atom stereocenters. The highest BCUT2D eigenvalue weighted by Gasteiger charge is 2.29. The molecule has 0 aliphatic heterocycles. The van der Waals surface area contributed by atoms with Gasteiger partial charge in [-0.25, -0.2) is 4.79 Å². The van der Waals surface area contributed by atoms with Crippen LogP contribution in [0.25, 0.3) is 0 Å². The number of phenols is 1. The third-order valence-corrected chi connectivity index (χ3v) is 6.03. The van der Waals surface area contributed by atoms with Gasteiger partial charge in [-0.05, 0) is 61.9 Å². The summed E-state index contributed by atoms with van der Waals surface area (Å²) in [5, 5.41) is 12.9. The summed E-state index contributed by atoms with van der Waals surface area (Å²) in [7, 11) is 2.64. The van der Waals surface area contributed by atoms with Gasteiger partial charge in [0.15, 0.2) is 0 Å². The molecule has 1 amide bonds. The molecule has 34 heavy (non-hydrogen) atoms. The van der Waals surface area contributed by atoms with E-state index in [1.165, 1.54) is 20.3 Å². The van der Waals surface area contributed by atoms with E-state index < -0.39 is 5.97 Å². The monoisotopic (exact) mass is 469 g/mol. The zero-order valence-corrected chi connectivity index (χ0v) is 19.5. The number of nitrogens with one attached hydrogen (secondary N) is 1. The van der Waals surface area contributed by atoms with Crippen LogP contribution in [0, 0.1) is 5.92 Å². The van der Waals surface area contributed by atoms with Gasteiger partial charge in [0, 0.05) is 6.04 Å². The number of aryl methyl sites for hydroxylation is 1. The number of para-hydroxylation sites is 1. The third kappa shape index (κ3) is 6.50. The Hall–Kier alpha value is -3.55. The summed E-state index contributed by atoms with van der Waals surface area (Å²) in [5.74, 6) is -0.846. The Labute approximate surface area is 199 Å². The van der Waals surface area contributed by atoms with Crippen LogP contribution in [0.1, 0.15) is 58.4 Å². The second kappa shape index (κ2) is 12.1. The van der Waals surface area contributed by atoms with Crippen LogP contribution < -0.4 is 10.1 Å². The number of hydrogen-bond donors (Lipinski definition) is 2. The van der Waals surface area contributed by atoms with Gasteiger partial charge in [0.05, 0.1) is 37.9 Å². The standard InChI is InChI=1S/C26H31NO7/c1-32-25(30)18-8-5-10-20(15-18)27-24(29)21-16-19(26(31)33-2)12-13-23(21)34-14-6-9-17-7-3-4-11-22(17)28/h3-4,7,11-13,16,18,20,28H,5-6,8-10,14-15H2,1-2H3,(H,27,29). The van der Waals surface area contributed by atoms with Gasteiger partial charge < -0.3 is 24.6 Å². The molecule has 0 spiro atoms. The summed E-state index contributed by atoms with van der Waals surface area (Å²) in [6.07, 6.45) is 4.05. The molecule has 0 heterocycles. The largest absolute Gasteiger partial charge is 0.508 e. The molecule has 3 rings (SSSR count). The lowest BCUT2D eigenvalue weighted by atomic mass is 9.85. The molecule has 0 saturated heterocycles. The summed E-state index contributed by atoms with van der Waals surface area (Å²) in [4.78, 5) is 37.1. The first-order valence-corrected chi connectivity index (χ1v) is 11.4. The van der Waals surface area contributed by atoms with Crippen LogP contribution in [0.3, 0.4) is 0 Å². The zero-order chi connectivity index (χ0) is 24.5. The van der Waals surface area contributed by atoms with Crippen LogP contribution >= 0.6 is 0 Å². The number of amides is 1. The van der Waals surface area contributed by atoms with Gasteiger partial charge >= 0.3 is 11.9 Å². The number of esters is 2. The average molecular weight is 470 g/mol. The van der Waals surface area contributed by atoms with Gasteiger partial charge in [-0.1, -0.05) is 24.6 Å². The zero-order valence-electron chi connectivity index (χ0n) is 19.5. The number of hydrogen-bond acceptors (Lipinski definition) is 7. The Kier molecular flexibility index (Phi) is 8.90. The van der Waals surface area contributed by atoms with E-state index in [1.807, 2.05) is 12.1 Å². The van der Waals surface area contributed by atoms with Crippen molar-refractivity contribution in [3.05, 3.63) is 59.2 Å². The predicted octanol–water partition coefficient (Wildman–Crippen LogP) is 3.65. The number of benzene rings is 2. The van der Waals surface area contributed by atoms with Crippen molar-refractivity contribution in [3.8, 4) is 11.5 Å². The van der Waals surface area contributed by atoms with Crippen LogP contribution in [-0.2, 0) is 20.7 Å². The quantitative estimate of drug-likeness (QED) is 0.426. The molecular formula is C26H31NO7. The van der Waals surface area contributed by atoms with E-state index in [4.69, 9.17) is 14.2 Å². The van der Waals surface area contributed by atoms with Gasteiger partial charge in [0.25, 0.3) is 5.91 Å². The second-order valence-corrected chi connectivity index (χ2v) is 8.34. The molecule has 2 aromatic rings. The molecule has 2 aromatic carbocycles. The molecule has 0 radical (unpaired) electrons. The molecule has 1 aliphatic rings. The first kappa shape index (κ1) is 25.1. The minimum atomic E-state index is -0.552. The number of carbonyl (C=O) groups is 3. The molecule has 8 nitrogen and oxygen atoms in total.